The Labute approximate surface area is 219 Å². The van der Waals surface area contributed by atoms with Crippen molar-refractivity contribution < 1.29 is 27.5 Å². The molecule has 0 saturated heterocycles. The Morgan fingerprint density at radius 3 is 2.46 bits per heavy atom. The zero-order chi connectivity index (χ0) is 26.7. The van der Waals surface area contributed by atoms with E-state index in [2.05, 4.69) is 10.2 Å². The average molecular weight is 538 g/mol. The Bertz CT molecular complexity index is 1160. The zero-order valence-corrected chi connectivity index (χ0v) is 21.7. The van der Waals surface area contributed by atoms with Crippen LogP contribution >= 0.6 is 11.6 Å². The number of likely N-dealkylation sites (N-methyl/N-ethyl adjacent to an activating group) is 1. The smallest absolute Gasteiger partial charge is 0.416 e. The number of amides is 2. The fourth-order valence-corrected chi connectivity index (χ4v) is 5.08. The van der Waals surface area contributed by atoms with Gasteiger partial charge < -0.3 is 19.9 Å². The zero-order valence-electron chi connectivity index (χ0n) is 21.0. The number of hydrogen-bond acceptors (Lipinski definition) is 4. The van der Waals surface area contributed by atoms with Gasteiger partial charge in [0.25, 0.3) is 5.91 Å². The molecule has 2 amide bonds. The number of nitrogens with zero attached hydrogens (tertiary/aromatic N) is 2. The third kappa shape index (κ3) is 6.04. The molecule has 6 nitrogen and oxygen atoms in total. The van der Waals surface area contributed by atoms with Crippen LogP contribution in [-0.4, -0.2) is 42.9 Å². The predicted octanol–water partition coefficient (Wildman–Crippen LogP) is 6.97. The third-order valence-electron chi connectivity index (χ3n) is 7.11. The molecule has 2 aliphatic rings. The number of fused-ring (bicyclic) bond motifs is 2. The second kappa shape index (κ2) is 11.3. The van der Waals surface area contributed by atoms with Gasteiger partial charge in [-0.05, 0) is 50.2 Å². The molecule has 2 aromatic rings. The maximum Gasteiger partial charge on any atom is 0.416 e. The van der Waals surface area contributed by atoms with Crippen LogP contribution in [0.3, 0.4) is 0 Å². The Morgan fingerprint density at radius 2 is 1.81 bits per heavy atom. The number of carbonyl (C=O) groups is 2. The SMILES string of the molecule is CCN(CC)CCN1C(=O)c2cc(Cl)c(NC(=O)C3CCCCC3)cc2Oc2cc(C(F)(F)F)ccc21. The summed E-state index contributed by atoms with van der Waals surface area (Å²) in [5.74, 6) is -0.778. The Balaban J connectivity index is 1.72. The topological polar surface area (TPSA) is 61.9 Å². The predicted molar refractivity (Wildman–Crippen MR) is 138 cm³/mol. The van der Waals surface area contributed by atoms with Gasteiger partial charge in [0.15, 0.2) is 5.75 Å². The average Bonchev–Trinajstić information content (AvgIpc) is 2.98. The van der Waals surface area contributed by atoms with Crippen LogP contribution in [0.2, 0.25) is 5.02 Å². The van der Waals surface area contributed by atoms with Crippen molar-refractivity contribution in [3.63, 3.8) is 0 Å². The fourth-order valence-electron chi connectivity index (χ4n) is 4.87. The van der Waals surface area contributed by atoms with Gasteiger partial charge in [0, 0.05) is 25.1 Å². The second-order valence-corrected chi connectivity index (χ2v) is 9.83. The number of carbonyl (C=O) groups excluding carboxylic acids is 2. The number of hydrogen-bond donors (Lipinski definition) is 1. The first-order chi connectivity index (χ1) is 17.6. The molecule has 1 fully saturated rings. The lowest BCUT2D eigenvalue weighted by Gasteiger charge is -2.26. The van der Waals surface area contributed by atoms with Gasteiger partial charge in [-0.1, -0.05) is 44.7 Å². The highest BCUT2D eigenvalue weighted by Gasteiger charge is 2.35. The van der Waals surface area contributed by atoms with Gasteiger partial charge in [0.2, 0.25) is 5.91 Å². The number of anilines is 2. The van der Waals surface area contributed by atoms with Gasteiger partial charge in [0.05, 0.1) is 27.5 Å². The summed E-state index contributed by atoms with van der Waals surface area (Å²) < 4.78 is 46.4. The molecule has 4 rings (SSSR count). The van der Waals surface area contributed by atoms with E-state index in [-0.39, 0.29) is 51.8 Å². The van der Waals surface area contributed by atoms with E-state index in [9.17, 15) is 22.8 Å². The molecule has 1 N–H and O–H groups in total. The van der Waals surface area contributed by atoms with Crippen molar-refractivity contribution in [1.29, 1.82) is 0 Å². The van der Waals surface area contributed by atoms with E-state index < -0.39 is 17.6 Å². The molecule has 0 aromatic heterocycles. The van der Waals surface area contributed by atoms with Crippen LogP contribution in [0.1, 0.15) is 61.9 Å². The van der Waals surface area contributed by atoms with E-state index in [1.54, 1.807) is 0 Å². The van der Waals surface area contributed by atoms with Crippen LogP contribution in [0.15, 0.2) is 30.3 Å². The Kier molecular flexibility index (Phi) is 8.33. The van der Waals surface area contributed by atoms with Crippen LogP contribution in [0.5, 0.6) is 11.5 Å². The highest BCUT2D eigenvalue weighted by Crippen LogP contribution is 2.44. The summed E-state index contributed by atoms with van der Waals surface area (Å²) >= 11 is 6.48. The van der Waals surface area contributed by atoms with Gasteiger partial charge in [-0.2, -0.15) is 13.2 Å². The minimum Gasteiger partial charge on any atom is -0.454 e. The van der Waals surface area contributed by atoms with Crippen molar-refractivity contribution in [3.8, 4) is 11.5 Å². The maximum absolute atomic E-state index is 13.7. The number of ether oxygens (including phenoxy) is 1. The monoisotopic (exact) mass is 537 g/mol. The first-order valence-corrected chi connectivity index (χ1v) is 13.1. The van der Waals surface area contributed by atoms with Crippen LogP contribution < -0.4 is 15.0 Å². The molecule has 0 atom stereocenters. The number of halogens is 4. The number of nitrogens with one attached hydrogen (secondary N) is 1. The van der Waals surface area contributed by atoms with Crippen molar-refractivity contribution in [3.05, 3.63) is 46.5 Å². The summed E-state index contributed by atoms with van der Waals surface area (Å²) in [4.78, 5) is 30.0. The molecule has 1 heterocycles. The van der Waals surface area contributed by atoms with Gasteiger partial charge in [-0.3, -0.25) is 9.59 Å². The molecular formula is C27H31ClF3N3O3. The first-order valence-electron chi connectivity index (χ1n) is 12.7. The summed E-state index contributed by atoms with van der Waals surface area (Å²) in [7, 11) is 0. The van der Waals surface area contributed by atoms with Crippen LogP contribution in [0, 0.1) is 5.92 Å². The first kappa shape index (κ1) is 27.3. The molecule has 2 aromatic carbocycles. The van der Waals surface area contributed by atoms with Gasteiger partial charge in [0.1, 0.15) is 5.75 Å². The summed E-state index contributed by atoms with van der Waals surface area (Å²) in [6.45, 7) is 6.30. The summed E-state index contributed by atoms with van der Waals surface area (Å²) in [5, 5.41) is 2.99. The highest BCUT2D eigenvalue weighted by molar-refractivity contribution is 6.34. The van der Waals surface area contributed by atoms with Gasteiger partial charge >= 0.3 is 6.18 Å². The highest BCUT2D eigenvalue weighted by atomic mass is 35.5. The molecule has 10 heteroatoms. The molecular weight excluding hydrogens is 507 g/mol. The molecule has 0 bridgehead atoms. The molecule has 37 heavy (non-hydrogen) atoms. The normalized spacial score (nSPS) is 16.2. The maximum atomic E-state index is 13.7. The van der Waals surface area contributed by atoms with Crippen molar-refractivity contribution in [2.24, 2.45) is 5.92 Å². The summed E-state index contributed by atoms with van der Waals surface area (Å²) in [6, 6.07) is 5.94. The van der Waals surface area contributed by atoms with Crippen molar-refractivity contribution in [2.75, 3.05) is 36.4 Å². The van der Waals surface area contributed by atoms with Crippen molar-refractivity contribution in [2.45, 2.75) is 52.1 Å². The van der Waals surface area contributed by atoms with Gasteiger partial charge in [-0.25, -0.2) is 0 Å². The quantitative estimate of drug-likeness (QED) is 0.414. The molecule has 0 unspecified atom stereocenters. The fraction of sp³-hybridized carbons (Fsp3) is 0.481. The lowest BCUT2D eigenvalue weighted by molar-refractivity contribution is -0.137. The third-order valence-corrected chi connectivity index (χ3v) is 7.42. The molecule has 0 radical (unpaired) electrons. The van der Waals surface area contributed by atoms with Gasteiger partial charge in [-0.15, -0.1) is 0 Å². The standard InChI is InChI=1S/C27H31ClF3N3O3/c1-3-33(4-2)12-13-34-22-11-10-18(27(29,30)31)14-24(22)37-23-16-21(20(28)15-19(23)26(34)36)32-25(35)17-8-6-5-7-9-17/h10-11,14-17H,3-9,12-13H2,1-2H3,(H,32,35). The number of benzene rings is 2. The van der Waals surface area contributed by atoms with E-state index in [1.807, 2.05) is 13.8 Å². The molecule has 200 valence electrons. The molecule has 0 spiro atoms. The van der Waals surface area contributed by atoms with E-state index >= 15 is 0 Å². The van der Waals surface area contributed by atoms with Crippen molar-refractivity contribution in [1.82, 2.24) is 4.90 Å². The summed E-state index contributed by atoms with van der Waals surface area (Å²) in [6.07, 6.45) is 0.0631. The number of alkyl halides is 3. The Morgan fingerprint density at radius 1 is 1.11 bits per heavy atom. The van der Waals surface area contributed by atoms with E-state index in [0.29, 0.717) is 6.54 Å². The van der Waals surface area contributed by atoms with E-state index in [0.717, 1.165) is 57.3 Å². The summed E-state index contributed by atoms with van der Waals surface area (Å²) in [5.41, 5.74) is -0.269. The minimum atomic E-state index is -4.58. The molecule has 1 saturated carbocycles. The lowest BCUT2D eigenvalue weighted by Crippen LogP contribution is -2.38. The van der Waals surface area contributed by atoms with E-state index in [4.69, 9.17) is 16.3 Å². The number of rotatable bonds is 7. The lowest BCUT2D eigenvalue weighted by atomic mass is 9.88. The molecule has 1 aliphatic heterocycles. The van der Waals surface area contributed by atoms with Crippen LogP contribution in [0.4, 0.5) is 24.5 Å². The second-order valence-electron chi connectivity index (χ2n) is 9.42. The molecule has 1 aliphatic carbocycles. The minimum absolute atomic E-state index is 0.0410. The van der Waals surface area contributed by atoms with E-state index in [1.165, 1.54) is 23.1 Å². The van der Waals surface area contributed by atoms with Crippen molar-refractivity contribution >= 4 is 34.8 Å². The Hall–Kier alpha value is -2.78. The largest absolute Gasteiger partial charge is 0.454 e. The van der Waals surface area contributed by atoms with Crippen LogP contribution in [-0.2, 0) is 11.0 Å². The van der Waals surface area contributed by atoms with Crippen LogP contribution in [0.25, 0.3) is 0 Å².